The standard InChI is InChI=1S/C15H23N3O2/c1-16-8-5-13-6-10-17(11-7-13)15(20)12-18-9-3-2-4-14(18)19/h2-4,9,13,16H,5-8,10-12H2,1H3. The van der Waals surface area contributed by atoms with Gasteiger partial charge in [-0.05, 0) is 44.8 Å². The molecule has 1 saturated heterocycles. The van der Waals surface area contributed by atoms with Gasteiger partial charge in [0.1, 0.15) is 6.54 Å². The molecular weight excluding hydrogens is 254 g/mol. The number of likely N-dealkylation sites (tertiary alicyclic amines) is 1. The Labute approximate surface area is 119 Å². The van der Waals surface area contributed by atoms with E-state index in [0.717, 1.165) is 32.5 Å². The summed E-state index contributed by atoms with van der Waals surface area (Å²) in [5.41, 5.74) is -0.121. The third kappa shape index (κ3) is 3.93. The Hall–Kier alpha value is -1.62. The van der Waals surface area contributed by atoms with Crippen LogP contribution in [0, 0.1) is 5.92 Å². The minimum Gasteiger partial charge on any atom is -0.341 e. The first-order valence-electron chi connectivity index (χ1n) is 7.28. The molecule has 1 fully saturated rings. The van der Waals surface area contributed by atoms with Gasteiger partial charge in [0.2, 0.25) is 5.91 Å². The molecule has 2 rings (SSSR count). The Morgan fingerprint density at radius 1 is 1.35 bits per heavy atom. The summed E-state index contributed by atoms with van der Waals surface area (Å²) in [6.07, 6.45) is 4.98. The van der Waals surface area contributed by atoms with Crippen LogP contribution in [0.1, 0.15) is 19.3 Å². The van der Waals surface area contributed by atoms with E-state index in [4.69, 9.17) is 0 Å². The minimum absolute atomic E-state index is 0.0466. The van der Waals surface area contributed by atoms with Crippen molar-refractivity contribution < 1.29 is 4.79 Å². The maximum Gasteiger partial charge on any atom is 0.250 e. The Morgan fingerprint density at radius 2 is 2.10 bits per heavy atom. The van der Waals surface area contributed by atoms with Crippen LogP contribution in [-0.2, 0) is 11.3 Å². The highest BCUT2D eigenvalue weighted by molar-refractivity contribution is 5.76. The van der Waals surface area contributed by atoms with Crippen molar-refractivity contribution in [3.8, 4) is 0 Å². The molecule has 2 heterocycles. The van der Waals surface area contributed by atoms with Crippen LogP contribution in [0.25, 0.3) is 0 Å². The molecule has 0 spiro atoms. The maximum atomic E-state index is 12.2. The molecule has 1 N–H and O–H groups in total. The average molecular weight is 277 g/mol. The number of nitrogens with one attached hydrogen (secondary N) is 1. The van der Waals surface area contributed by atoms with Gasteiger partial charge in [0.15, 0.2) is 0 Å². The van der Waals surface area contributed by atoms with Crippen molar-refractivity contribution in [1.82, 2.24) is 14.8 Å². The van der Waals surface area contributed by atoms with Gasteiger partial charge in [-0.2, -0.15) is 0 Å². The number of rotatable bonds is 5. The second-order valence-electron chi connectivity index (χ2n) is 5.38. The third-order valence-corrected chi connectivity index (χ3v) is 3.97. The molecule has 0 unspecified atom stereocenters. The molecule has 1 aliphatic rings. The van der Waals surface area contributed by atoms with Crippen LogP contribution in [0.4, 0.5) is 0 Å². The van der Waals surface area contributed by atoms with E-state index in [2.05, 4.69) is 5.32 Å². The van der Waals surface area contributed by atoms with Crippen molar-refractivity contribution in [2.75, 3.05) is 26.7 Å². The third-order valence-electron chi connectivity index (χ3n) is 3.97. The van der Waals surface area contributed by atoms with Crippen molar-refractivity contribution in [3.63, 3.8) is 0 Å². The molecule has 1 amide bonds. The van der Waals surface area contributed by atoms with Crippen LogP contribution in [0.2, 0.25) is 0 Å². The summed E-state index contributed by atoms with van der Waals surface area (Å²) in [6, 6.07) is 4.95. The molecule has 20 heavy (non-hydrogen) atoms. The summed E-state index contributed by atoms with van der Waals surface area (Å²) in [5.74, 6) is 0.760. The zero-order valence-electron chi connectivity index (χ0n) is 12.0. The number of hydrogen-bond acceptors (Lipinski definition) is 3. The lowest BCUT2D eigenvalue weighted by Crippen LogP contribution is -2.41. The van der Waals surface area contributed by atoms with Gasteiger partial charge in [-0.1, -0.05) is 6.07 Å². The van der Waals surface area contributed by atoms with Crippen LogP contribution in [-0.4, -0.2) is 42.1 Å². The first-order chi connectivity index (χ1) is 9.70. The van der Waals surface area contributed by atoms with E-state index in [9.17, 15) is 9.59 Å². The first-order valence-corrected chi connectivity index (χ1v) is 7.28. The van der Waals surface area contributed by atoms with E-state index in [0.29, 0.717) is 5.92 Å². The normalized spacial score (nSPS) is 16.4. The van der Waals surface area contributed by atoms with Crippen LogP contribution >= 0.6 is 0 Å². The molecule has 0 bridgehead atoms. The Balaban J connectivity index is 1.83. The molecule has 5 nitrogen and oxygen atoms in total. The van der Waals surface area contributed by atoms with Crippen LogP contribution < -0.4 is 10.9 Å². The predicted molar refractivity (Wildman–Crippen MR) is 78.5 cm³/mol. The average Bonchev–Trinajstić information content (AvgIpc) is 2.48. The van der Waals surface area contributed by atoms with Gasteiger partial charge in [0.25, 0.3) is 5.56 Å². The van der Waals surface area contributed by atoms with Crippen molar-refractivity contribution in [3.05, 3.63) is 34.7 Å². The summed E-state index contributed by atoms with van der Waals surface area (Å²) in [5, 5.41) is 3.17. The van der Waals surface area contributed by atoms with Gasteiger partial charge < -0.3 is 14.8 Å². The molecule has 0 saturated carbocycles. The number of aromatic nitrogens is 1. The Morgan fingerprint density at radius 3 is 2.75 bits per heavy atom. The summed E-state index contributed by atoms with van der Waals surface area (Å²) >= 11 is 0. The van der Waals surface area contributed by atoms with Crippen molar-refractivity contribution >= 4 is 5.91 Å². The summed E-state index contributed by atoms with van der Waals surface area (Å²) in [4.78, 5) is 25.7. The largest absolute Gasteiger partial charge is 0.341 e. The number of carbonyl (C=O) groups excluding carboxylic acids is 1. The van der Waals surface area contributed by atoms with Crippen molar-refractivity contribution in [2.24, 2.45) is 5.92 Å². The monoisotopic (exact) mass is 277 g/mol. The van der Waals surface area contributed by atoms with E-state index in [-0.39, 0.29) is 18.0 Å². The molecule has 110 valence electrons. The van der Waals surface area contributed by atoms with E-state index in [1.807, 2.05) is 11.9 Å². The van der Waals surface area contributed by atoms with Crippen LogP contribution in [0.15, 0.2) is 29.2 Å². The lowest BCUT2D eigenvalue weighted by molar-refractivity contribution is -0.133. The van der Waals surface area contributed by atoms with Gasteiger partial charge in [0, 0.05) is 25.4 Å². The first kappa shape index (κ1) is 14.8. The highest BCUT2D eigenvalue weighted by Crippen LogP contribution is 2.20. The predicted octanol–water partition coefficient (Wildman–Crippen LogP) is 0.696. The van der Waals surface area contributed by atoms with Gasteiger partial charge in [-0.25, -0.2) is 0 Å². The molecule has 1 aliphatic heterocycles. The number of pyridine rings is 1. The number of nitrogens with zero attached hydrogens (tertiary/aromatic N) is 2. The Bertz CT molecular complexity index is 490. The lowest BCUT2D eigenvalue weighted by Gasteiger charge is -2.32. The fourth-order valence-corrected chi connectivity index (χ4v) is 2.66. The number of hydrogen-bond donors (Lipinski definition) is 1. The highest BCUT2D eigenvalue weighted by atomic mass is 16.2. The van der Waals surface area contributed by atoms with E-state index in [1.54, 1.807) is 18.3 Å². The molecule has 0 atom stereocenters. The van der Waals surface area contributed by atoms with E-state index < -0.39 is 0 Å². The van der Waals surface area contributed by atoms with Crippen molar-refractivity contribution in [1.29, 1.82) is 0 Å². The zero-order valence-corrected chi connectivity index (χ0v) is 12.0. The zero-order chi connectivity index (χ0) is 14.4. The van der Waals surface area contributed by atoms with E-state index in [1.165, 1.54) is 17.1 Å². The smallest absolute Gasteiger partial charge is 0.250 e. The minimum atomic E-state index is -0.121. The SMILES string of the molecule is CNCCC1CCN(C(=O)Cn2ccccc2=O)CC1. The molecule has 0 aromatic carbocycles. The molecule has 1 aromatic rings. The summed E-state index contributed by atoms with van der Waals surface area (Å²) in [7, 11) is 1.97. The number of carbonyl (C=O) groups is 1. The second-order valence-corrected chi connectivity index (χ2v) is 5.38. The molecule has 0 radical (unpaired) electrons. The second kappa shape index (κ2) is 7.24. The van der Waals surface area contributed by atoms with Crippen molar-refractivity contribution in [2.45, 2.75) is 25.8 Å². The fourth-order valence-electron chi connectivity index (χ4n) is 2.66. The quantitative estimate of drug-likeness (QED) is 0.862. The molecular formula is C15H23N3O2. The summed E-state index contributed by atoms with van der Waals surface area (Å²) in [6.45, 7) is 2.82. The Kier molecular flexibility index (Phi) is 5.35. The molecule has 5 heteroatoms. The van der Waals surface area contributed by atoms with Gasteiger partial charge >= 0.3 is 0 Å². The van der Waals surface area contributed by atoms with Crippen LogP contribution in [0.5, 0.6) is 0 Å². The lowest BCUT2D eigenvalue weighted by atomic mass is 9.93. The number of piperidine rings is 1. The van der Waals surface area contributed by atoms with Crippen LogP contribution in [0.3, 0.4) is 0 Å². The van der Waals surface area contributed by atoms with Gasteiger partial charge in [-0.3, -0.25) is 9.59 Å². The fraction of sp³-hybridized carbons (Fsp3) is 0.600. The van der Waals surface area contributed by atoms with E-state index >= 15 is 0 Å². The topological polar surface area (TPSA) is 54.3 Å². The summed E-state index contributed by atoms with van der Waals surface area (Å²) < 4.78 is 1.47. The van der Waals surface area contributed by atoms with Gasteiger partial charge in [-0.15, -0.1) is 0 Å². The number of amides is 1. The van der Waals surface area contributed by atoms with Gasteiger partial charge in [0.05, 0.1) is 0 Å². The molecule has 0 aliphatic carbocycles. The molecule has 1 aromatic heterocycles. The highest BCUT2D eigenvalue weighted by Gasteiger charge is 2.22. The maximum absolute atomic E-state index is 12.2.